The zero-order chi connectivity index (χ0) is 17.7. The molecule has 0 unspecified atom stereocenters. The normalized spacial score (nSPS) is 12.0. The average molecular weight is 349 g/mol. The van der Waals surface area contributed by atoms with E-state index in [2.05, 4.69) is 15.6 Å². The predicted octanol–water partition coefficient (Wildman–Crippen LogP) is 2.97. The first-order valence-corrected chi connectivity index (χ1v) is 8.44. The summed E-state index contributed by atoms with van der Waals surface area (Å²) < 4.78 is 12.9. The Morgan fingerprint density at radius 2 is 1.92 bits per heavy atom. The van der Waals surface area contributed by atoms with Gasteiger partial charge in [-0.3, -0.25) is 9.59 Å². The third-order valence-corrected chi connectivity index (χ3v) is 4.30. The molecule has 5 nitrogen and oxygen atoms in total. The standard InChI is InChI=1S/C17H20FN3O2S/c1-10(2)15(20-11(3)22)16(23)21-17-19-9-14(24-17)8-12-4-6-13(18)7-5-12/h4-7,9-10,15H,8H2,1-3H3,(H,20,22)(H,19,21,23)/t15-/m0/s1. The number of carbonyl (C=O) groups is 2. The van der Waals surface area contributed by atoms with Gasteiger partial charge in [-0.25, -0.2) is 9.37 Å². The van der Waals surface area contributed by atoms with E-state index in [1.807, 2.05) is 13.8 Å². The van der Waals surface area contributed by atoms with Crippen LogP contribution in [-0.2, 0) is 16.0 Å². The minimum absolute atomic E-state index is 0.0347. The number of aromatic nitrogens is 1. The lowest BCUT2D eigenvalue weighted by atomic mass is 10.0. The molecule has 2 rings (SSSR count). The molecule has 0 radical (unpaired) electrons. The molecule has 0 aliphatic rings. The number of hydrogen-bond donors (Lipinski definition) is 2. The topological polar surface area (TPSA) is 71.1 Å². The average Bonchev–Trinajstić information content (AvgIpc) is 2.93. The summed E-state index contributed by atoms with van der Waals surface area (Å²) in [5.41, 5.74) is 0.969. The molecule has 2 aromatic rings. The summed E-state index contributed by atoms with van der Waals surface area (Å²) in [6.07, 6.45) is 2.31. The molecule has 0 aliphatic carbocycles. The first-order chi connectivity index (χ1) is 11.3. The second-order valence-corrected chi connectivity index (χ2v) is 6.96. The van der Waals surface area contributed by atoms with Crippen molar-refractivity contribution in [2.75, 3.05) is 5.32 Å². The van der Waals surface area contributed by atoms with Crippen molar-refractivity contribution in [1.82, 2.24) is 10.3 Å². The van der Waals surface area contributed by atoms with Crippen molar-refractivity contribution in [3.8, 4) is 0 Å². The van der Waals surface area contributed by atoms with E-state index in [1.54, 1.807) is 18.3 Å². The number of benzene rings is 1. The fourth-order valence-electron chi connectivity index (χ4n) is 2.19. The van der Waals surface area contributed by atoms with Crippen molar-refractivity contribution in [2.45, 2.75) is 33.2 Å². The van der Waals surface area contributed by atoms with Crippen molar-refractivity contribution >= 4 is 28.3 Å². The molecule has 0 aliphatic heterocycles. The highest BCUT2D eigenvalue weighted by Crippen LogP contribution is 2.22. The fraction of sp³-hybridized carbons (Fsp3) is 0.353. The van der Waals surface area contributed by atoms with E-state index in [4.69, 9.17) is 0 Å². The molecule has 2 N–H and O–H groups in total. The van der Waals surface area contributed by atoms with Gasteiger partial charge in [0.1, 0.15) is 11.9 Å². The Labute approximate surface area is 144 Å². The summed E-state index contributed by atoms with van der Waals surface area (Å²) in [5.74, 6) is -0.843. The predicted molar refractivity (Wildman–Crippen MR) is 92.4 cm³/mol. The van der Waals surface area contributed by atoms with E-state index in [9.17, 15) is 14.0 Å². The maximum atomic E-state index is 12.9. The van der Waals surface area contributed by atoms with Crippen LogP contribution in [0.1, 0.15) is 31.2 Å². The van der Waals surface area contributed by atoms with Crippen LogP contribution in [0.15, 0.2) is 30.5 Å². The Hall–Kier alpha value is -2.28. The number of anilines is 1. The second-order valence-electron chi connectivity index (χ2n) is 5.85. The summed E-state index contributed by atoms with van der Waals surface area (Å²) in [5, 5.41) is 5.86. The van der Waals surface area contributed by atoms with Gasteiger partial charge in [-0.1, -0.05) is 26.0 Å². The maximum absolute atomic E-state index is 12.9. The first-order valence-electron chi connectivity index (χ1n) is 7.62. The van der Waals surface area contributed by atoms with E-state index in [-0.39, 0.29) is 23.5 Å². The molecule has 0 spiro atoms. The highest BCUT2D eigenvalue weighted by atomic mass is 32.1. The van der Waals surface area contributed by atoms with Gasteiger partial charge >= 0.3 is 0 Å². The van der Waals surface area contributed by atoms with Crippen LogP contribution in [0.25, 0.3) is 0 Å². The number of nitrogens with zero attached hydrogens (tertiary/aromatic N) is 1. The van der Waals surface area contributed by atoms with Gasteiger partial charge in [0, 0.05) is 24.4 Å². The van der Waals surface area contributed by atoms with E-state index in [1.165, 1.54) is 30.4 Å². The van der Waals surface area contributed by atoms with Gasteiger partial charge in [-0.05, 0) is 23.6 Å². The Bertz CT molecular complexity index is 713. The molecule has 1 aromatic carbocycles. The number of halogens is 1. The fourth-order valence-corrected chi connectivity index (χ4v) is 3.04. The Morgan fingerprint density at radius 3 is 2.50 bits per heavy atom. The number of rotatable bonds is 6. The highest BCUT2D eigenvalue weighted by molar-refractivity contribution is 7.15. The van der Waals surface area contributed by atoms with Crippen LogP contribution in [0.5, 0.6) is 0 Å². The van der Waals surface area contributed by atoms with Crippen LogP contribution >= 0.6 is 11.3 Å². The Kier molecular flexibility index (Phi) is 6.03. The Morgan fingerprint density at radius 1 is 1.25 bits per heavy atom. The summed E-state index contributed by atoms with van der Waals surface area (Å²) in [6.45, 7) is 5.11. The van der Waals surface area contributed by atoms with Gasteiger partial charge in [0.15, 0.2) is 5.13 Å². The molecule has 128 valence electrons. The SMILES string of the molecule is CC(=O)N[C@H](C(=O)Nc1ncc(Cc2ccc(F)cc2)s1)C(C)C. The van der Waals surface area contributed by atoms with Gasteiger partial charge in [0.05, 0.1) is 0 Å². The van der Waals surface area contributed by atoms with Crippen LogP contribution in [0.3, 0.4) is 0 Å². The van der Waals surface area contributed by atoms with Crippen molar-refractivity contribution in [2.24, 2.45) is 5.92 Å². The second kappa shape index (κ2) is 8.01. The van der Waals surface area contributed by atoms with E-state index >= 15 is 0 Å². The third kappa shape index (κ3) is 5.13. The van der Waals surface area contributed by atoms with Crippen LogP contribution in [0.2, 0.25) is 0 Å². The van der Waals surface area contributed by atoms with E-state index in [0.29, 0.717) is 11.6 Å². The highest BCUT2D eigenvalue weighted by Gasteiger charge is 2.23. The number of thiazole rings is 1. The van der Waals surface area contributed by atoms with Crippen molar-refractivity contribution < 1.29 is 14.0 Å². The Balaban J connectivity index is 2.00. The van der Waals surface area contributed by atoms with Gasteiger partial charge in [0.25, 0.3) is 0 Å². The number of carbonyl (C=O) groups excluding carboxylic acids is 2. The lowest BCUT2D eigenvalue weighted by Gasteiger charge is -2.20. The smallest absolute Gasteiger partial charge is 0.248 e. The van der Waals surface area contributed by atoms with Crippen molar-refractivity contribution in [1.29, 1.82) is 0 Å². The maximum Gasteiger partial charge on any atom is 0.248 e. The monoisotopic (exact) mass is 349 g/mol. The lowest BCUT2D eigenvalue weighted by Crippen LogP contribution is -2.46. The van der Waals surface area contributed by atoms with Crippen LogP contribution in [-0.4, -0.2) is 22.8 Å². The van der Waals surface area contributed by atoms with Gasteiger partial charge in [-0.2, -0.15) is 0 Å². The molecule has 0 saturated heterocycles. The zero-order valence-corrected chi connectivity index (χ0v) is 14.6. The summed E-state index contributed by atoms with van der Waals surface area (Å²) in [7, 11) is 0. The quantitative estimate of drug-likeness (QED) is 0.842. The molecular weight excluding hydrogens is 329 g/mol. The number of nitrogens with one attached hydrogen (secondary N) is 2. The van der Waals surface area contributed by atoms with Gasteiger partial charge in [-0.15, -0.1) is 11.3 Å². The van der Waals surface area contributed by atoms with Crippen molar-refractivity contribution in [3.05, 3.63) is 46.7 Å². The molecule has 1 aromatic heterocycles. The zero-order valence-electron chi connectivity index (χ0n) is 13.8. The number of amides is 2. The minimum atomic E-state index is -0.605. The van der Waals surface area contributed by atoms with Gasteiger partial charge in [0.2, 0.25) is 11.8 Å². The molecule has 0 fully saturated rings. The van der Waals surface area contributed by atoms with Gasteiger partial charge < -0.3 is 10.6 Å². The summed E-state index contributed by atoms with van der Waals surface area (Å²) >= 11 is 1.36. The summed E-state index contributed by atoms with van der Waals surface area (Å²) in [6, 6.07) is 5.67. The molecule has 0 saturated carbocycles. The third-order valence-electron chi connectivity index (χ3n) is 3.38. The first kappa shape index (κ1) is 18.1. The number of hydrogen-bond acceptors (Lipinski definition) is 4. The molecule has 7 heteroatoms. The molecular formula is C17H20FN3O2S. The van der Waals surface area contributed by atoms with E-state index < -0.39 is 6.04 Å². The van der Waals surface area contributed by atoms with Crippen LogP contribution in [0, 0.1) is 11.7 Å². The molecule has 1 atom stereocenters. The lowest BCUT2D eigenvalue weighted by molar-refractivity contribution is -0.126. The molecule has 24 heavy (non-hydrogen) atoms. The molecule has 1 heterocycles. The largest absolute Gasteiger partial charge is 0.344 e. The minimum Gasteiger partial charge on any atom is -0.344 e. The molecule has 0 bridgehead atoms. The van der Waals surface area contributed by atoms with Crippen molar-refractivity contribution in [3.63, 3.8) is 0 Å². The molecule has 2 amide bonds. The van der Waals surface area contributed by atoms with E-state index in [0.717, 1.165) is 10.4 Å². The van der Waals surface area contributed by atoms with Crippen LogP contribution < -0.4 is 10.6 Å². The summed E-state index contributed by atoms with van der Waals surface area (Å²) in [4.78, 5) is 28.7. The van der Waals surface area contributed by atoms with Crippen LogP contribution in [0.4, 0.5) is 9.52 Å².